The summed E-state index contributed by atoms with van der Waals surface area (Å²) in [6.07, 6.45) is 0.617. The molecule has 1 aromatic heterocycles. The Balaban J connectivity index is 2.42. The Kier molecular flexibility index (Phi) is 8.04. The second-order valence-electron chi connectivity index (χ2n) is 7.73. The maximum absolute atomic E-state index is 12.7. The standard InChI is InChI=1S/C23H31N3O4S/c1-8-19-21(24-6)20(22(26(19)7)23(27)30-9-2)18-12-10-17(11-13-18)16(5)14-25-31(28,29)15(3)4/h10-13,15-16,25H,8-9,14H2,1-5,7H3. The number of rotatable bonds is 9. The van der Waals surface area contributed by atoms with E-state index in [0.29, 0.717) is 29.9 Å². The lowest BCUT2D eigenvalue weighted by Crippen LogP contribution is -2.33. The number of sulfonamides is 1. The van der Waals surface area contributed by atoms with E-state index in [0.717, 1.165) is 16.8 Å². The van der Waals surface area contributed by atoms with Gasteiger partial charge in [0.2, 0.25) is 15.7 Å². The average Bonchev–Trinajstić information content (AvgIpc) is 3.03. The van der Waals surface area contributed by atoms with Gasteiger partial charge in [0.25, 0.3) is 0 Å². The van der Waals surface area contributed by atoms with Gasteiger partial charge in [-0.1, -0.05) is 38.1 Å². The summed E-state index contributed by atoms with van der Waals surface area (Å²) in [6, 6.07) is 7.56. The van der Waals surface area contributed by atoms with Gasteiger partial charge in [-0.25, -0.2) is 22.8 Å². The van der Waals surface area contributed by atoms with Crippen LogP contribution in [0, 0.1) is 6.57 Å². The molecule has 0 bridgehead atoms. The van der Waals surface area contributed by atoms with E-state index in [4.69, 9.17) is 11.3 Å². The molecule has 0 aliphatic heterocycles. The van der Waals surface area contributed by atoms with Gasteiger partial charge in [0.1, 0.15) is 5.69 Å². The number of nitrogens with zero attached hydrogens (tertiary/aromatic N) is 2. The molecule has 1 atom stereocenters. The third-order valence-corrected chi connectivity index (χ3v) is 7.19. The lowest BCUT2D eigenvalue weighted by atomic mass is 9.97. The highest BCUT2D eigenvalue weighted by Crippen LogP contribution is 2.40. The van der Waals surface area contributed by atoms with Crippen molar-refractivity contribution in [3.05, 3.63) is 52.6 Å². The summed E-state index contributed by atoms with van der Waals surface area (Å²) >= 11 is 0. The molecule has 7 nitrogen and oxygen atoms in total. The summed E-state index contributed by atoms with van der Waals surface area (Å²) in [5.41, 5.74) is 3.90. The Labute approximate surface area is 185 Å². The van der Waals surface area contributed by atoms with Crippen molar-refractivity contribution in [3.8, 4) is 11.1 Å². The Hall–Kier alpha value is -2.63. The number of carbonyl (C=O) groups excluding carboxylic acids is 1. The van der Waals surface area contributed by atoms with Crippen LogP contribution >= 0.6 is 0 Å². The normalized spacial score (nSPS) is 12.6. The van der Waals surface area contributed by atoms with Crippen molar-refractivity contribution in [1.82, 2.24) is 9.29 Å². The molecule has 0 spiro atoms. The first-order chi connectivity index (χ1) is 14.6. The summed E-state index contributed by atoms with van der Waals surface area (Å²) in [4.78, 5) is 16.4. The van der Waals surface area contributed by atoms with Crippen LogP contribution in [-0.4, -0.2) is 37.4 Å². The molecule has 1 unspecified atom stereocenters. The number of carbonyl (C=O) groups is 1. The predicted octanol–water partition coefficient (Wildman–Crippen LogP) is 4.41. The molecule has 1 N–H and O–H groups in total. The Morgan fingerprint density at radius 1 is 1.19 bits per heavy atom. The smallest absolute Gasteiger partial charge is 0.354 e. The average molecular weight is 446 g/mol. The van der Waals surface area contributed by atoms with Gasteiger partial charge >= 0.3 is 5.97 Å². The van der Waals surface area contributed by atoms with Crippen molar-refractivity contribution in [1.29, 1.82) is 0 Å². The monoisotopic (exact) mass is 445 g/mol. The topological polar surface area (TPSA) is 81.8 Å². The van der Waals surface area contributed by atoms with Crippen molar-refractivity contribution in [2.75, 3.05) is 13.2 Å². The minimum absolute atomic E-state index is 0.0330. The van der Waals surface area contributed by atoms with Gasteiger partial charge in [0.15, 0.2) is 0 Å². The molecule has 0 fully saturated rings. The van der Waals surface area contributed by atoms with Crippen LogP contribution in [0.3, 0.4) is 0 Å². The van der Waals surface area contributed by atoms with Crippen molar-refractivity contribution in [2.45, 2.75) is 52.2 Å². The van der Waals surface area contributed by atoms with Crippen LogP contribution in [0.15, 0.2) is 24.3 Å². The second kappa shape index (κ2) is 10.1. The van der Waals surface area contributed by atoms with E-state index in [-0.39, 0.29) is 12.5 Å². The summed E-state index contributed by atoms with van der Waals surface area (Å²) in [5.74, 6) is -0.487. The predicted molar refractivity (Wildman–Crippen MR) is 123 cm³/mol. The van der Waals surface area contributed by atoms with Crippen LogP contribution in [0.5, 0.6) is 0 Å². The van der Waals surface area contributed by atoms with E-state index in [1.807, 2.05) is 38.1 Å². The molecule has 0 radical (unpaired) electrons. The van der Waals surface area contributed by atoms with Gasteiger partial charge in [0, 0.05) is 24.8 Å². The van der Waals surface area contributed by atoms with E-state index in [9.17, 15) is 13.2 Å². The van der Waals surface area contributed by atoms with Crippen LogP contribution in [0.25, 0.3) is 16.0 Å². The largest absolute Gasteiger partial charge is 0.461 e. The van der Waals surface area contributed by atoms with Gasteiger partial charge in [0.05, 0.1) is 18.4 Å². The van der Waals surface area contributed by atoms with Gasteiger partial charge in [-0.15, -0.1) is 0 Å². The number of hydrogen-bond donors (Lipinski definition) is 1. The molecule has 2 aromatic rings. The van der Waals surface area contributed by atoms with Gasteiger partial charge in [-0.05, 0) is 44.2 Å². The highest BCUT2D eigenvalue weighted by atomic mass is 32.2. The zero-order valence-electron chi connectivity index (χ0n) is 19.0. The van der Waals surface area contributed by atoms with Crippen LogP contribution in [-0.2, 0) is 28.2 Å². The Bertz CT molecular complexity index is 1080. The lowest BCUT2D eigenvalue weighted by Gasteiger charge is -2.16. The molecule has 2 rings (SSSR count). The van der Waals surface area contributed by atoms with Crippen molar-refractivity contribution in [3.63, 3.8) is 0 Å². The van der Waals surface area contributed by atoms with Crippen LogP contribution < -0.4 is 4.72 Å². The minimum atomic E-state index is -3.32. The van der Waals surface area contributed by atoms with E-state index >= 15 is 0 Å². The maximum Gasteiger partial charge on any atom is 0.354 e. The number of benzene rings is 1. The fraction of sp³-hybridized carbons (Fsp3) is 0.478. The summed E-state index contributed by atoms with van der Waals surface area (Å²) in [6.45, 7) is 17.2. The molecular formula is C23H31N3O4S. The van der Waals surface area contributed by atoms with Crippen LogP contribution in [0.2, 0.25) is 0 Å². The van der Waals surface area contributed by atoms with Crippen LogP contribution in [0.4, 0.5) is 5.69 Å². The van der Waals surface area contributed by atoms with Crippen molar-refractivity contribution >= 4 is 21.7 Å². The maximum atomic E-state index is 12.7. The minimum Gasteiger partial charge on any atom is -0.461 e. The van der Waals surface area contributed by atoms with Gasteiger partial charge in [-0.3, -0.25) is 0 Å². The molecule has 0 aliphatic rings. The summed E-state index contributed by atoms with van der Waals surface area (Å²) in [7, 11) is -1.55. The molecule has 168 valence electrons. The van der Waals surface area contributed by atoms with E-state index in [2.05, 4.69) is 9.57 Å². The number of nitrogens with one attached hydrogen (secondary N) is 1. The molecule has 1 heterocycles. The van der Waals surface area contributed by atoms with Gasteiger partial charge in [-0.2, -0.15) is 0 Å². The quantitative estimate of drug-likeness (QED) is 0.458. The first-order valence-electron chi connectivity index (χ1n) is 10.4. The third kappa shape index (κ3) is 5.17. The Morgan fingerprint density at radius 2 is 1.81 bits per heavy atom. The number of hydrogen-bond acceptors (Lipinski definition) is 4. The van der Waals surface area contributed by atoms with Crippen LogP contribution in [0.1, 0.15) is 62.3 Å². The zero-order valence-corrected chi connectivity index (χ0v) is 19.8. The molecule has 0 saturated carbocycles. The fourth-order valence-corrected chi connectivity index (χ4v) is 4.27. The lowest BCUT2D eigenvalue weighted by molar-refractivity contribution is 0.0516. The molecule has 8 heteroatoms. The SMILES string of the molecule is [C-]#[N+]c1c(-c2ccc(C(C)CNS(=O)(=O)C(C)C)cc2)c(C(=O)OCC)n(C)c1CC. The molecule has 0 aliphatic carbocycles. The second-order valence-corrected chi connectivity index (χ2v) is 10.1. The molecule has 0 amide bonds. The Morgan fingerprint density at radius 3 is 2.29 bits per heavy atom. The van der Waals surface area contributed by atoms with E-state index in [1.165, 1.54) is 0 Å². The molecule has 1 aromatic carbocycles. The first kappa shape index (κ1) is 24.6. The molecule has 0 saturated heterocycles. The fourth-order valence-electron chi connectivity index (χ4n) is 3.46. The summed E-state index contributed by atoms with van der Waals surface area (Å²) in [5, 5.41) is -0.485. The highest BCUT2D eigenvalue weighted by molar-refractivity contribution is 7.90. The summed E-state index contributed by atoms with van der Waals surface area (Å²) < 4.78 is 33.7. The van der Waals surface area contributed by atoms with E-state index < -0.39 is 21.2 Å². The third-order valence-electron chi connectivity index (χ3n) is 5.38. The molecular weight excluding hydrogens is 414 g/mol. The highest BCUT2D eigenvalue weighted by Gasteiger charge is 2.27. The number of esters is 1. The van der Waals surface area contributed by atoms with E-state index in [1.54, 1.807) is 32.4 Å². The zero-order chi connectivity index (χ0) is 23.3. The molecule has 31 heavy (non-hydrogen) atoms. The number of aromatic nitrogens is 1. The number of ether oxygens (including phenoxy) is 1. The first-order valence-corrected chi connectivity index (χ1v) is 12.0. The van der Waals surface area contributed by atoms with Crippen molar-refractivity contribution < 1.29 is 17.9 Å². The van der Waals surface area contributed by atoms with Crippen molar-refractivity contribution in [2.24, 2.45) is 7.05 Å². The van der Waals surface area contributed by atoms with Gasteiger partial charge < -0.3 is 9.30 Å².